The van der Waals surface area contributed by atoms with E-state index in [1.54, 1.807) is 31.5 Å². The molecular weight excluding hydrogens is 556 g/mol. The van der Waals surface area contributed by atoms with E-state index in [0.717, 1.165) is 42.8 Å². The average molecular weight is 591 g/mol. The van der Waals surface area contributed by atoms with Crippen LogP contribution in [0.3, 0.4) is 0 Å². The normalized spacial score (nSPS) is 15.4. The van der Waals surface area contributed by atoms with Crippen molar-refractivity contribution in [1.29, 1.82) is 0 Å². The number of carbonyl (C=O) groups excluding carboxylic acids is 2. The van der Waals surface area contributed by atoms with Crippen LogP contribution < -0.4 is 10.2 Å². The summed E-state index contributed by atoms with van der Waals surface area (Å²) < 4.78 is 31.9. The molecule has 2 N–H and O–H groups in total. The summed E-state index contributed by atoms with van der Waals surface area (Å²) in [5.74, 6) is -2.02. The van der Waals surface area contributed by atoms with Crippen molar-refractivity contribution in [2.45, 2.75) is 30.9 Å². The van der Waals surface area contributed by atoms with E-state index in [2.05, 4.69) is 22.2 Å². The molecule has 10 nitrogen and oxygen atoms in total. The lowest BCUT2D eigenvalue weighted by Crippen LogP contribution is -2.44. The number of halogens is 1. The van der Waals surface area contributed by atoms with Crippen LogP contribution in [-0.4, -0.2) is 86.6 Å². The summed E-state index contributed by atoms with van der Waals surface area (Å²) in [4.78, 5) is 29.6. The number of carbonyl (C=O) groups is 2. The van der Waals surface area contributed by atoms with Gasteiger partial charge in [0.2, 0.25) is 0 Å². The average Bonchev–Trinajstić information content (AvgIpc) is 3.24. The van der Waals surface area contributed by atoms with Crippen LogP contribution in [0, 0.1) is 0 Å². The zero-order valence-corrected chi connectivity index (χ0v) is 24.6. The minimum absolute atomic E-state index is 0.0561. The molecular formula is C28H35ClN4O6S. The molecule has 4 rings (SSSR count). The van der Waals surface area contributed by atoms with Gasteiger partial charge in [-0.1, -0.05) is 23.7 Å². The quantitative estimate of drug-likeness (QED) is 0.365. The van der Waals surface area contributed by atoms with Gasteiger partial charge in [0, 0.05) is 44.3 Å². The van der Waals surface area contributed by atoms with E-state index in [-0.39, 0.29) is 4.90 Å². The van der Waals surface area contributed by atoms with Gasteiger partial charge in [0.1, 0.15) is 5.69 Å². The van der Waals surface area contributed by atoms with Crippen LogP contribution in [0.1, 0.15) is 35.9 Å². The van der Waals surface area contributed by atoms with E-state index in [1.165, 1.54) is 24.3 Å². The van der Waals surface area contributed by atoms with Gasteiger partial charge >= 0.3 is 5.97 Å². The molecule has 40 heavy (non-hydrogen) atoms. The third kappa shape index (κ3) is 6.60. The summed E-state index contributed by atoms with van der Waals surface area (Å²) >= 11 is 6.64. The molecule has 0 bridgehead atoms. The third-order valence-electron chi connectivity index (χ3n) is 7.00. The number of piperazine rings is 1. The van der Waals surface area contributed by atoms with Crippen LogP contribution in [0.5, 0.6) is 0 Å². The summed E-state index contributed by atoms with van der Waals surface area (Å²) in [7, 11) is -0.0193. The van der Waals surface area contributed by atoms with Crippen molar-refractivity contribution in [1.82, 2.24) is 14.8 Å². The van der Waals surface area contributed by atoms with Gasteiger partial charge in [-0.2, -0.15) is 0 Å². The standard InChI is InChI=1S/C28H35ClN4O6S/c1-18(2)39-27(35)17-40(37,38)21-7-5-19(6-8-21)24(16-34)30-28(36)26-15-22-23(29)13-20(14-25(22)32(26)4)33-11-9-31(3)10-12-33/h5-8,13-15,18,24,34H,9-12,16-17H2,1-4H3,(H,30,36)/t24-/m1/s1. The fourth-order valence-electron chi connectivity index (χ4n) is 4.75. The van der Waals surface area contributed by atoms with Gasteiger partial charge in [-0.3, -0.25) is 9.59 Å². The molecule has 1 saturated heterocycles. The molecule has 3 aromatic rings. The van der Waals surface area contributed by atoms with Gasteiger partial charge in [0.15, 0.2) is 15.6 Å². The Hall–Kier alpha value is -3.12. The summed E-state index contributed by atoms with van der Waals surface area (Å²) in [5.41, 5.74) is 2.69. The lowest BCUT2D eigenvalue weighted by Gasteiger charge is -2.34. The van der Waals surface area contributed by atoms with E-state index in [1.807, 2.05) is 12.1 Å². The molecule has 216 valence electrons. The molecule has 1 aromatic heterocycles. The molecule has 0 unspecified atom stereocenters. The summed E-state index contributed by atoms with van der Waals surface area (Å²) in [6.45, 7) is 6.55. The van der Waals surface area contributed by atoms with Gasteiger partial charge in [-0.15, -0.1) is 0 Å². The first-order valence-corrected chi connectivity index (χ1v) is 15.1. The smallest absolute Gasteiger partial charge is 0.321 e. The Morgan fingerprint density at radius 1 is 1.05 bits per heavy atom. The van der Waals surface area contributed by atoms with Gasteiger partial charge in [0.25, 0.3) is 5.91 Å². The van der Waals surface area contributed by atoms with E-state index in [4.69, 9.17) is 16.3 Å². The maximum absolute atomic E-state index is 13.3. The van der Waals surface area contributed by atoms with Crippen LogP contribution in [-0.2, 0) is 26.4 Å². The maximum atomic E-state index is 13.3. The highest BCUT2D eigenvalue weighted by Crippen LogP contribution is 2.32. The van der Waals surface area contributed by atoms with Crippen molar-refractivity contribution in [3.63, 3.8) is 0 Å². The lowest BCUT2D eigenvalue weighted by atomic mass is 10.1. The number of amides is 1. The van der Waals surface area contributed by atoms with E-state index < -0.39 is 46.2 Å². The number of rotatable bonds is 9. The molecule has 0 aliphatic carbocycles. The maximum Gasteiger partial charge on any atom is 0.321 e. The summed E-state index contributed by atoms with van der Waals surface area (Å²) in [5, 5.41) is 14.2. The molecule has 1 amide bonds. The monoisotopic (exact) mass is 590 g/mol. The Kier molecular flexibility index (Phi) is 9.09. The Labute approximate surface area is 239 Å². The Morgan fingerprint density at radius 2 is 1.70 bits per heavy atom. The number of nitrogens with one attached hydrogen (secondary N) is 1. The molecule has 2 heterocycles. The number of aliphatic hydroxyl groups is 1. The molecule has 12 heteroatoms. The zero-order chi connectivity index (χ0) is 29.2. The van der Waals surface area contributed by atoms with Crippen LogP contribution in [0.15, 0.2) is 47.4 Å². The number of esters is 1. The first kappa shape index (κ1) is 29.9. The molecule has 2 aromatic carbocycles. The summed E-state index contributed by atoms with van der Waals surface area (Å²) in [6.07, 6.45) is -0.421. The van der Waals surface area contributed by atoms with Gasteiger partial charge in [0.05, 0.1) is 34.2 Å². The van der Waals surface area contributed by atoms with Crippen LogP contribution in [0.2, 0.25) is 5.02 Å². The first-order valence-electron chi connectivity index (χ1n) is 13.1. The van der Waals surface area contributed by atoms with Crippen molar-refractivity contribution in [2.24, 2.45) is 7.05 Å². The van der Waals surface area contributed by atoms with Gasteiger partial charge < -0.3 is 29.5 Å². The van der Waals surface area contributed by atoms with Crippen molar-refractivity contribution in [3.8, 4) is 0 Å². The number of nitrogens with zero attached hydrogens (tertiary/aromatic N) is 3. The molecule has 1 aliphatic heterocycles. The molecule has 1 fully saturated rings. The van der Waals surface area contributed by atoms with Crippen molar-refractivity contribution in [2.75, 3.05) is 50.5 Å². The van der Waals surface area contributed by atoms with Crippen molar-refractivity contribution >= 4 is 49.9 Å². The fourth-order valence-corrected chi connectivity index (χ4v) is 6.11. The van der Waals surface area contributed by atoms with Crippen molar-refractivity contribution in [3.05, 3.63) is 58.7 Å². The molecule has 0 radical (unpaired) electrons. The van der Waals surface area contributed by atoms with Gasteiger partial charge in [-0.25, -0.2) is 8.42 Å². The number of aromatic nitrogens is 1. The van der Waals surface area contributed by atoms with Crippen LogP contribution >= 0.6 is 11.6 Å². The van der Waals surface area contributed by atoms with E-state index in [9.17, 15) is 23.1 Å². The largest absolute Gasteiger partial charge is 0.462 e. The predicted octanol–water partition coefficient (Wildman–Crippen LogP) is 2.77. The molecule has 0 spiro atoms. The third-order valence-corrected chi connectivity index (χ3v) is 8.92. The van der Waals surface area contributed by atoms with E-state index >= 15 is 0 Å². The van der Waals surface area contributed by atoms with Crippen molar-refractivity contribution < 1.29 is 27.9 Å². The van der Waals surface area contributed by atoms with Gasteiger partial charge in [-0.05, 0) is 56.8 Å². The number of ether oxygens (including phenoxy) is 1. The molecule has 1 aliphatic rings. The number of aliphatic hydroxyl groups excluding tert-OH is 1. The number of hydrogen-bond donors (Lipinski definition) is 2. The number of anilines is 1. The van der Waals surface area contributed by atoms with E-state index in [0.29, 0.717) is 16.3 Å². The zero-order valence-electron chi connectivity index (χ0n) is 23.1. The number of benzene rings is 2. The summed E-state index contributed by atoms with van der Waals surface area (Å²) in [6, 6.07) is 10.6. The Bertz CT molecular complexity index is 1500. The minimum Gasteiger partial charge on any atom is -0.462 e. The van der Waals surface area contributed by atoms with Crippen LogP contribution in [0.25, 0.3) is 10.9 Å². The topological polar surface area (TPSA) is 121 Å². The highest BCUT2D eigenvalue weighted by atomic mass is 35.5. The number of hydrogen-bond acceptors (Lipinski definition) is 8. The Balaban J connectivity index is 1.51. The minimum atomic E-state index is -3.91. The number of fused-ring (bicyclic) bond motifs is 1. The fraction of sp³-hybridized carbons (Fsp3) is 0.429. The number of likely N-dealkylation sites (N-methyl/N-ethyl adjacent to an activating group) is 1. The Morgan fingerprint density at radius 3 is 2.30 bits per heavy atom. The number of aryl methyl sites for hydroxylation is 1. The predicted molar refractivity (Wildman–Crippen MR) is 155 cm³/mol. The molecule has 1 atom stereocenters. The second-order valence-corrected chi connectivity index (χ2v) is 12.7. The number of sulfone groups is 1. The highest BCUT2D eigenvalue weighted by Gasteiger charge is 2.24. The first-order chi connectivity index (χ1) is 18.9. The molecule has 0 saturated carbocycles. The van der Waals surface area contributed by atoms with Crippen LogP contribution in [0.4, 0.5) is 5.69 Å². The highest BCUT2D eigenvalue weighted by molar-refractivity contribution is 7.92. The second-order valence-electron chi connectivity index (χ2n) is 10.3. The lowest BCUT2D eigenvalue weighted by molar-refractivity contribution is -0.144. The second kappa shape index (κ2) is 12.2. The SMILES string of the molecule is CC(C)OC(=O)CS(=O)(=O)c1ccc([C@@H](CO)NC(=O)c2cc3c(Cl)cc(N4CCN(C)CC4)cc3n2C)cc1.